The molecule has 1 aromatic heterocycles. The van der Waals surface area contributed by atoms with Crippen molar-refractivity contribution >= 4 is 5.91 Å². The van der Waals surface area contributed by atoms with Gasteiger partial charge >= 0.3 is 0 Å². The van der Waals surface area contributed by atoms with E-state index in [1.807, 2.05) is 6.92 Å². The maximum absolute atomic E-state index is 13.4. The zero-order chi connectivity index (χ0) is 16.3. The lowest BCUT2D eigenvalue weighted by atomic mass is 9.81. The Morgan fingerprint density at radius 1 is 1.35 bits per heavy atom. The molecule has 1 heterocycles. The number of hydrogen-bond acceptors (Lipinski definition) is 4. The van der Waals surface area contributed by atoms with Gasteiger partial charge in [0, 0.05) is 12.0 Å². The van der Waals surface area contributed by atoms with E-state index in [0.29, 0.717) is 23.7 Å². The van der Waals surface area contributed by atoms with Gasteiger partial charge in [0.05, 0.1) is 0 Å². The third-order valence-electron chi connectivity index (χ3n) is 4.34. The number of rotatable bonds is 4. The van der Waals surface area contributed by atoms with E-state index in [1.54, 1.807) is 6.07 Å². The van der Waals surface area contributed by atoms with Crippen molar-refractivity contribution in [2.24, 2.45) is 0 Å². The van der Waals surface area contributed by atoms with Gasteiger partial charge in [-0.15, -0.1) is 0 Å². The second-order valence-corrected chi connectivity index (χ2v) is 5.98. The normalized spacial score (nSPS) is 17.0. The van der Waals surface area contributed by atoms with Crippen molar-refractivity contribution in [2.75, 3.05) is 0 Å². The number of halogens is 1. The molecule has 0 radical (unpaired) electrons. The van der Waals surface area contributed by atoms with Crippen LogP contribution in [-0.2, 0) is 12.0 Å². The molecule has 0 atom stereocenters. The number of amides is 1. The minimum Gasteiger partial charge on any atom is -0.338 e. The first-order valence-electron chi connectivity index (χ1n) is 8.04. The van der Waals surface area contributed by atoms with Crippen LogP contribution in [0.3, 0.4) is 0 Å². The predicted molar refractivity (Wildman–Crippen MR) is 82.3 cm³/mol. The van der Waals surface area contributed by atoms with E-state index >= 15 is 0 Å². The fourth-order valence-corrected chi connectivity index (χ4v) is 3.06. The Hall–Kier alpha value is -2.24. The van der Waals surface area contributed by atoms with Crippen LogP contribution < -0.4 is 5.32 Å². The van der Waals surface area contributed by atoms with Gasteiger partial charge in [-0.3, -0.25) is 4.79 Å². The van der Waals surface area contributed by atoms with Crippen LogP contribution in [0.4, 0.5) is 4.39 Å². The van der Waals surface area contributed by atoms with E-state index in [1.165, 1.54) is 18.2 Å². The van der Waals surface area contributed by atoms with E-state index in [2.05, 4.69) is 15.5 Å². The number of aryl methyl sites for hydroxylation is 1. The summed E-state index contributed by atoms with van der Waals surface area (Å²) in [6.45, 7) is 1.95. The van der Waals surface area contributed by atoms with E-state index < -0.39 is 11.4 Å². The van der Waals surface area contributed by atoms with Gasteiger partial charge in [0.15, 0.2) is 5.82 Å². The molecule has 6 heteroatoms. The number of carbonyl (C=O) groups is 1. The van der Waals surface area contributed by atoms with Gasteiger partial charge in [0.2, 0.25) is 0 Å². The molecule has 2 aromatic rings. The second kappa shape index (κ2) is 6.48. The summed E-state index contributed by atoms with van der Waals surface area (Å²) >= 11 is 0. The average molecular weight is 317 g/mol. The van der Waals surface area contributed by atoms with Gasteiger partial charge in [-0.05, 0) is 31.0 Å². The van der Waals surface area contributed by atoms with Crippen LogP contribution in [0.5, 0.6) is 0 Å². The van der Waals surface area contributed by atoms with Gasteiger partial charge in [0.1, 0.15) is 11.4 Å². The van der Waals surface area contributed by atoms with Gasteiger partial charge in [-0.25, -0.2) is 4.39 Å². The molecule has 122 valence electrons. The van der Waals surface area contributed by atoms with Crippen molar-refractivity contribution in [1.82, 2.24) is 15.5 Å². The Labute approximate surface area is 134 Å². The molecule has 1 aromatic carbocycles. The first-order chi connectivity index (χ1) is 11.1. The Kier molecular flexibility index (Phi) is 4.41. The smallest absolute Gasteiger partial charge is 0.252 e. The van der Waals surface area contributed by atoms with Crippen LogP contribution in [0.2, 0.25) is 0 Å². The van der Waals surface area contributed by atoms with Crippen molar-refractivity contribution in [2.45, 2.75) is 51.0 Å². The highest BCUT2D eigenvalue weighted by atomic mass is 19.1. The van der Waals surface area contributed by atoms with E-state index in [9.17, 15) is 9.18 Å². The Morgan fingerprint density at radius 3 is 2.78 bits per heavy atom. The lowest BCUT2D eigenvalue weighted by molar-refractivity contribution is 0.0824. The summed E-state index contributed by atoms with van der Waals surface area (Å²) in [5, 5.41) is 6.98. The van der Waals surface area contributed by atoms with Crippen LogP contribution >= 0.6 is 0 Å². The number of nitrogens with one attached hydrogen (secondary N) is 1. The molecule has 1 aliphatic carbocycles. The minimum atomic E-state index is -0.651. The highest BCUT2D eigenvalue weighted by Gasteiger charge is 2.40. The highest BCUT2D eigenvalue weighted by molar-refractivity contribution is 5.94. The maximum Gasteiger partial charge on any atom is 0.252 e. The lowest BCUT2D eigenvalue weighted by Gasteiger charge is -2.34. The first-order valence-corrected chi connectivity index (χ1v) is 8.04. The Morgan fingerprint density at radius 2 is 2.13 bits per heavy atom. The molecule has 5 nitrogen and oxygen atoms in total. The van der Waals surface area contributed by atoms with Crippen LogP contribution in [0.25, 0.3) is 0 Å². The molecule has 1 N–H and O–H groups in total. The summed E-state index contributed by atoms with van der Waals surface area (Å²) in [6, 6.07) is 5.68. The van der Waals surface area contributed by atoms with Crippen molar-refractivity contribution in [3.05, 3.63) is 47.4 Å². The molecule has 3 rings (SSSR count). The summed E-state index contributed by atoms with van der Waals surface area (Å²) in [6.07, 6.45) is 5.25. The van der Waals surface area contributed by atoms with E-state index in [0.717, 1.165) is 32.1 Å². The number of benzene rings is 1. The summed E-state index contributed by atoms with van der Waals surface area (Å²) in [7, 11) is 0. The topological polar surface area (TPSA) is 68.0 Å². The molecule has 1 aliphatic rings. The van der Waals surface area contributed by atoms with Gasteiger partial charge in [-0.1, -0.05) is 37.4 Å². The standard InChI is InChI=1S/C17H20FN3O2/c1-2-14-19-16(23-21-14)17(9-4-3-5-10-17)20-15(22)12-7-6-8-13(18)11-12/h6-8,11H,2-5,9-10H2,1H3,(H,20,22). The molecule has 0 saturated heterocycles. The van der Waals surface area contributed by atoms with Crippen LogP contribution in [-0.4, -0.2) is 16.0 Å². The zero-order valence-electron chi connectivity index (χ0n) is 13.1. The second-order valence-electron chi connectivity index (χ2n) is 5.98. The molecule has 0 unspecified atom stereocenters. The number of carbonyl (C=O) groups excluding carboxylic acids is 1. The highest BCUT2D eigenvalue weighted by Crippen LogP contribution is 2.36. The average Bonchev–Trinajstić information content (AvgIpc) is 3.05. The Bertz CT molecular complexity index is 693. The predicted octanol–water partition coefficient (Wildman–Crippen LogP) is 3.36. The van der Waals surface area contributed by atoms with Crippen molar-refractivity contribution in [1.29, 1.82) is 0 Å². The summed E-state index contributed by atoms with van der Waals surface area (Å²) in [4.78, 5) is 17.0. The van der Waals surface area contributed by atoms with Gasteiger partial charge in [-0.2, -0.15) is 4.98 Å². The monoisotopic (exact) mass is 317 g/mol. The molecule has 0 bridgehead atoms. The van der Waals surface area contributed by atoms with E-state index in [4.69, 9.17) is 4.52 Å². The Balaban J connectivity index is 1.88. The molecule has 1 fully saturated rings. The third kappa shape index (κ3) is 3.25. The van der Waals surface area contributed by atoms with Crippen LogP contribution in [0.15, 0.2) is 28.8 Å². The fraction of sp³-hybridized carbons (Fsp3) is 0.471. The van der Waals surface area contributed by atoms with Crippen LogP contribution in [0, 0.1) is 5.82 Å². The lowest BCUT2D eigenvalue weighted by Crippen LogP contribution is -2.47. The first kappa shape index (κ1) is 15.6. The molecule has 0 aliphatic heterocycles. The largest absolute Gasteiger partial charge is 0.338 e. The molecular weight excluding hydrogens is 297 g/mol. The zero-order valence-corrected chi connectivity index (χ0v) is 13.1. The molecule has 0 spiro atoms. The van der Waals surface area contributed by atoms with Crippen LogP contribution in [0.1, 0.15) is 61.1 Å². The molecule has 1 amide bonds. The fourth-order valence-electron chi connectivity index (χ4n) is 3.06. The van der Waals surface area contributed by atoms with Crippen molar-refractivity contribution < 1.29 is 13.7 Å². The van der Waals surface area contributed by atoms with Gasteiger partial charge < -0.3 is 9.84 Å². The maximum atomic E-state index is 13.4. The summed E-state index contributed by atoms with van der Waals surface area (Å²) in [5.74, 6) is 0.341. The minimum absolute atomic E-state index is 0.296. The quantitative estimate of drug-likeness (QED) is 0.939. The van der Waals surface area contributed by atoms with Gasteiger partial charge in [0.25, 0.3) is 11.8 Å². The summed E-state index contributed by atoms with van der Waals surface area (Å²) < 4.78 is 18.8. The van der Waals surface area contributed by atoms with Crippen molar-refractivity contribution in [3.8, 4) is 0 Å². The third-order valence-corrected chi connectivity index (χ3v) is 4.34. The molecule has 23 heavy (non-hydrogen) atoms. The molecule has 1 saturated carbocycles. The van der Waals surface area contributed by atoms with E-state index in [-0.39, 0.29) is 5.91 Å². The molecular formula is C17H20FN3O2. The number of nitrogens with zero attached hydrogens (tertiary/aromatic N) is 2. The number of hydrogen-bond donors (Lipinski definition) is 1. The van der Waals surface area contributed by atoms with Crippen molar-refractivity contribution in [3.63, 3.8) is 0 Å². The number of aromatic nitrogens is 2. The summed E-state index contributed by atoms with van der Waals surface area (Å²) in [5.41, 5.74) is -0.354. The SMILES string of the molecule is CCc1noc(C2(NC(=O)c3cccc(F)c3)CCCCC2)n1.